The predicted molar refractivity (Wildman–Crippen MR) is 95.6 cm³/mol. The lowest BCUT2D eigenvalue weighted by Crippen LogP contribution is -2.25. The van der Waals surface area contributed by atoms with E-state index in [4.69, 9.17) is 4.74 Å². The molecule has 0 saturated heterocycles. The summed E-state index contributed by atoms with van der Waals surface area (Å²) in [5.41, 5.74) is 1.88. The summed E-state index contributed by atoms with van der Waals surface area (Å²) in [4.78, 5) is 22.5. The van der Waals surface area contributed by atoms with E-state index in [-0.39, 0.29) is 23.3 Å². The van der Waals surface area contributed by atoms with Crippen LogP contribution in [0.25, 0.3) is 0 Å². The van der Waals surface area contributed by atoms with Crippen LogP contribution in [0.1, 0.15) is 40.9 Å². The molecule has 0 fully saturated rings. The van der Waals surface area contributed by atoms with E-state index < -0.39 is 4.92 Å². The highest BCUT2D eigenvalue weighted by Crippen LogP contribution is 2.19. The molecular weight excluding hydrogens is 320 g/mol. The summed E-state index contributed by atoms with van der Waals surface area (Å²) in [7, 11) is 0. The van der Waals surface area contributed by atoms with Crippen molar-refractivity contribution in [3.05, 3.63) is 75.3 Å². The van der Waals surface area contributed by atoms with E-state index >= 15 is 0 Å². The van der Waals surface area contributed by atoms with Crippen molar-refractivity contribution in [2.45, 2.75) is 26.4 Å². The van der Waals surface area contributed by atoms with Gasteiger partial charge in [-0.25, -0.2) is 0 Å². The zero-order valence-electron chi connectivity index (χ0n) is 14.4. The third kappa shape index (κ3) is 5.39. The molecule has 6 nitrogen and oxygen atoms in total. The van der Waals surface area contributed by atoms with Crippen molar-refractivity contribution in [1.82, 2.24) is 5.32 Å². The summed E-state index contributed by atoms with van der Waals surface area (Å²) in [6, 6.07) is 14.4. The molecule has 1 atom stereocenters. The number of ether oxygens (including phenoxy) is 1. The Kier molecular flexibility index (Phi) is 6.65. The minimum atomic E-state index is -0.481. The first-order valence-corrected chi connectivity index (χ1v) is 8.19. The van der Waals surface area contributed by atoms with E-state index in [0.717, 1.165) is 5.56 Å². The van der Waals surface area contributed by atoms with Crippen molar-refractivity contribution in [3.63, 3.8) is 0 Å². The van der Waals surface area contributed by atoms with Crippen LogP contribution >= 0.6 is 0 Å². The van der Waals surface area contributed by atoms with Gasteiger partial charge in [-0.3, -0.25) is 14.9 Å². The number of carbonyl (C=O) groups excluding carboxylic acids is 1. The summed E-state index contributed by atoms with van der Waals surface area (Å²) in [6.45, 7) is 4.59. The van der Waals surface area contributed by atoms with Crippen LogP contribution in [0.15, 0.2) is 48.5 Å². The zero-order valence-corrected chi connectivity index (χ0v) is 14.4. The number of nitro benzene ring substituents is 1. The molecule has 0 aliphatic heterocycles. The van der Waals surface area contributed by atoms with Gasteiger partial charge in [0, 0.05) is 30.3 Å². The molecule has 0 aliphatic carbocycles. The monoisotopic (exact) mass is 342 g/mol. The fraction of sp³-hybridized carbons (Fsp3) is 0.316. The molecule has 0 aromatic heterocycles. The van der Waals surface area contributed by atoms with Crippen LogP contribution < -0.4 is 5.32 Å². The Morgan fingerprint density at radius 1 is 1.24 bits per heavy atom. The van der Waals surface area contributed by atoms with E-state index in [1.165, 1.54) is 6.07 Å². The fourth-order valence-electron chi connectivity index (χ4n) is 2.40. The summed E-state index contributed by atoms with van der Waals surface area (Å²) < 4.78 is 5.74. The van der Waals surface area contributed by atoms with Crippen LogP contribution in [0.2, 0.25) is 0 Å². The Morgan fingerprint density at radius 3 is 2.64 bits per heavy atom. The highest BCUT2D eigenvalue weighted by molar-refractivity contribution is 5.94. The average molecular weight is 342 g/mol. The van der Waals surface area contributed by atoms with Crippen LogP contribution in [0.5, 0.6) is 0 Å². The number of rotatable bonds is 8. The third-order valence-corrected chi connectivity index (χ3v) is 3.91. The Balaban J connectivity index is 1.76. The molecule has 6 heteroatoms. The maximum Gasteiger partial charge on any atom is 0.273 e. The molecule has 25 heavy (non-hydrogen) atoms. The Labute approximate surface area is 147 Å². The molecule has 132 valence electrons. The average Bonchev–Trinajstić information content (AvgIpc) is 2.62. The van der Waals surface area contributed by atoms with E-state index in [9.17, 15) is 14.9 Å². The number of nitrogens with one attached hydrogen (secondary N) is 1. The molecular formula is C19H22N2O4. The molecule has 2 aromatic rings. The number of nitrogens with zero attached hydrogens (tertiary/aromatic N) is 1. The predicted octanol–water partition coefficient (Wildman–Crippen LogP) is 3.80. The molecule has 1 unspecified atom stereocenters. The second-order valence-electron chi connectivity index (χ2n) is 5.79. The number of amides is 1. The number of nitro groups is 1. The minimum Gasteiger partial charge on any atom is -0.374 e. The van der Waals surface area contributed by atoms with Gasteiger partial charge in [-0.2, -0.15) is 0 Å². The number of hydrogen-bond acceptors (Lipinski definition) is 4. The van der Waals surface area contributed by atoms with Gasteiger partial charge >= 0.3 is 0 Å². The van der Waals surface area contributed by atoms with E-state index in [2.05, 4.69) is 5.32 Å². The molecule has 0 bridgehead atoms. The number of carbonyl (C=O) groups is 1. The Morgan fingerprint density at radius 2 is 1.96 bits per heavy atom. The zero-order chi connectivity index (χ0) is 18.2. The van der Waals surface area contributed by atoms with Crippen molar-refractivity contribution in [2.75, 3.05) is 13.2 Å². The van der Waals surface area contributed by atoms with Gasteiger partial charge in [-0.1, -0.05) is 36.4 Å². The molecule has 2 aromatic carbocycles. The van der Waals surface area contributed by atoms with Gasteiger partial charge in [-0.15, -0.1) is 0 Å². The second kappa shape index (κ2) is 8.94. The first-order valence-electron chi connectivity index (χ1n) is 8.19. The van der Waals surface area contributed by atoms with Crippen LogP contribution in [0, 0.1) is 17.0 Å². The summed E-state index contributed by atoms with van der Waals surface area (Å²) >= 11 is 0. The van der Waals surface area contributed by atoms with Gasteiger partial charge in [-0.05, 0) is 31.9 Å². The Hall–Kier alpha value is -2.73. The van der Waals surface area contributed by atoms with Crippen molar-refractivity contribution in [3.8, 4) is 0 Å². The quantitative estimate of drug-likeness (QED) is 0.449. The Bertz CT molecular complexity index is 731. The highest BCUT2D eigenvalue weighted by Gasteiger charge is 2.14. The topological polar surface area (TPSA) is 81.5 Å². The van der Waals surface area contributed by atoms with Crippen LogP contribution in [0.3, 0.4) is 0 Å². The molecule has 1 N–H and O–H groups in total. The molecule has 0 saturated carbocycles. The van der Waals surface area contributed by atoms with Gasteiger partial charge in [0.15, 0.2) is 0 Å². The van der Waals surface area contributed by atoms with Crippen molar-refractivity contribution >= 4 is 11.6 Å². The third-order valence-electron chi connectivity index (χ3n) is 3.91. The lowest BCUT2D eigenvalue weighted by atomic mass is 10.1. The minimum absolute atomic E-state index is 0.00310. The molecule has 0 heterocycles. The number of benzene rings is 2. The fourth-order valence-corrected chi connectivity index (χ4v) is 2.40. The van der Waals surface area contributed by atoms with Crippen molar-refractivity contribution in [2.24, 2.45) is 0 Å². The normalized spacial score (nSPS) is 11.8. The van der Waals surface area contributed by atoms with E-state index in [0.29, 0.717) is 25.1 Å². The molecule has 0 aliphatic rings. The summed E-state index contributed by atoms with van der Waals surface area (Å²) in [5.74, 6) is -0.320. The van der Waals surface area contributed by atoms with Crippen LogP contribution in [-0.2, 0) is 4.74 Å². The van der Waals surface area contributed by atoms with Crippen molar-refractivity contribution in [1.29, 1.82) is 0 Å². The van der Waals surface area contributed by atoms with Gasteiger partial charge in [0.25, 0.3) is 11.6 Å². The molecule has 1 amide bonds. The van der Waals surface area contributed by atoms with Gasteiger partial charge in [0.05, 0.1) is 11.0 Å². The first-order chi connectivity index (χ1) is 12.0. The summed E-state index contributed by atoms with van der Waals surface area (Å²) in [5, 5.41) is 13.7. The summed E-state index contributed by atoms with van der Waals surface area (Å²) in [6.07, 6.45) is 0.660. The molecule has 0 radical (unpaired) electrons. The maximum atomic E-state index is 12.1. The van der Waals surface area contributed by atoms with E-state index in [1.54, 1.807) is 19.1 Å². The van der Waals surface area contributed by atoms with Crippen LogP contribution in [0.4, 0.5) is 5.69 Å². The maximum absolute atomic E-state index is 12.1. The van der Waals surface area contributed by atoms with Crippen molar-refractivity contribution < 1.29 is 14.5 Å². The smallest absolute Gasteiger partial charge is 0.273 e. The highest BCUT2D eigenvalue weighted by atomic mass is 16.6. The lowest BCUT2D eigenvalue weighted by Gasteiger charge is -2.13. The standard InChI is InChI=1S/C19H22N2O4/c1-14-9-10-17(13-18(14)21(23)24)19(22)20-11-6-12-25-15(2)16-7-4-3-5-8-16/h3-5,7-10,13,15H,6,11-12H2,1-2H3,(H,20,22). The number of hydrogen-bond donors (Lipinski definition) is 1. The van der Waals surface area contributed by atoms with Gasteiger partial charge in [0.2, 0.25) is 0 Å². The molecule has 2 rings (SSSR count). The molecule has 0 spiro atoms. The first kappa shape index (κ1) is 18.6. The largest absolute Gasteiger partial charge is 0.374 e. The SMILES string of the molecule is Cc1ccc(C(=O)NCCCOC(C)c2ccccc2)cc1[N+](=O)[O-]. The van der Waals surface area contributed by atoms with Gasteiger partial charge in [0.1, 0.15) is 0 Å². The van der Waals surface area contributed by atoms with Gasteiger partial charge < -0.3 is 10.1 Å². The van der Waals surface area contributed by atoms with E-state index in [1.807, 2.05) is 37.3 Å². The number of aryl methyl sites for hydroxylation is 1. The van der Waals surface area contributed by atoms with Crippen LogP contribution in [-0.4, -0.2) is 24.0 Å². The second-order valence-corrected chi connectivity index (χ2v) is 5.79. The lowest BCUT2D eigenvalue weighted by molar-refractivity contribution is -0.385.